The van der Waals surface area contributed by atoms with Crippen molar-refractivity contribution < 1.29 is 14.3 Å². The van der Waals surface area contributed by atoms with Gasteiger partial charge in [-0.05, 0) is 12.1 Å². The van der Waals surface area contributed by atoms with Crippen molar-refractivity contribution in [3.63, 3.8) is 0 Å². The molecule has 2 aromatic rings. The largest absolute Gasteiger partial charge is 0.504 e. The Morgan fingerprint density at radius 3 is 2.79 bits per heavy atom. The average molecular weight is 192 g/mol. The fraction of sp³-hybridized carbons (Fsp3) is 0.100. The van der Waals surface area contributed by atoms with Crippen LogP contribution in [0.1, 0.15) is 0 Å². The van der Waals surface area contributed by atoms with Crippen LogP contribution in [0.2, 0.25) is 0 Å². The fourth-order valence-corrected chi connectivity index (χ4v) is 1.30. The highest BCUT2D eigenvalue weighted by molar-refractivity contribution is 5.84. The molecule has 0 saturated heterocycles. The Labute approximate surface area is 79.4 Å². The van der Waals surface area contributed by atoms with Crippen LogP contribution in [0.3, 0.4) is 0 Å². The number of fused-ring (bicyclic) bond motifs is 1. The smallest absolute Gasteiger partial charge is 0.383 e. The molecule has 0 amide bonds. The molecule has 4 nitrogen and oxygen atoms in total. The molecule has 0 bridgehead atoms. The highest BCUT2D eigenvalue weighted by atomic mass is 16.5. The van der Waals surface area contributed by atoms with Gasteiger partial charge in [-0.2, -0.15) is 0 Å². The first-order chi connectivity index (χ1) is 6.74. The molecule has 4 heteroatoms. The van der Waals surface area contributed by atoms with E-state index in [0.717, 1.165) is 0 Å². The molecule has 14 heavy (non-hydrogen) atoms. The summed E-state index contributed by atoms with van der Waals surface area (Å²) in [5.74, 6) is -0.344. The predicted octanol–water partition coefficient (Wildman–Crippen LogP) is 1.51. The third kappa shape index (κ3) is 1.12. The van der Waals surface area contributed by atoms with Crippen LogP contribution in [0, 0.1) is 0 Å². The number of rotatable bonds is 1. The van der Waals surface area contributed by atoms with Crippen LogP contribution in [0.15, 0.2) is 33.5 Å². The molecule has 0 saturated carbocycles. The van der Waals surface area contributed by atoms with E-state index in [-0.39, 0.29) is 11.5 Å². The Morgan fingerprint density at radius 1 is 1.36 bits per heavy atom. The molecular weight excluding hydrogens is 184 g/mol. The lowest BCUT2D eigenvalue weighted by atomic mass is 10.2. The molecule has 0 radical (unpaired) electrons. The summed E-state index contributed by atoms with van der Waals surface area (Å²) in [4.78, 5) is 11.2. The predicted molar refractivity (Wildman–Crippen MR) is 50.7 cm³/mol. The van der Waals surface area contributed by atoms with E-state index in [9.17, 15) is 9.90 Å². The Hall–Kier alpha value is -1.97. The van der Waals surface area contributed by atoms with E-state index >= 15 is 0 Å². The quantitative estimate of drug-likeness (QED) is 0.695. The summed E-state index contributed by atoms with van der Waals surface area (Å²) in [5, 5.41) is 10.1. The average Bonchev–Trinajstić information content (AvgIpc) is 2.18. The molecule has 1 aromatic heterocycles. The van der Waals surface area contributed by atoms with Gasteiger partial charge in [0, 0.05) is 0 Å². The van der Waals surface area contributed by atoms with Gasteiger partial charge < -0.3 is 14.3 Å². The zero-order chi connectivity index (χ0) is 10.1. The molecule has 0 atom stereocenters. The molecule has 72 valence electrons. The monoisotopic (exact) mass is 192 g/mol. The topological polar surface area (TPSA) is 59.7 Å². The molecule has 1 aromatic carbocycles. The third-order valence-corrected chi connectivity index (χ3v) is 1.95. The number of benzene rings is 1. The van der Waals surface area contributed by atoms with Crippen LogP contribution < -0.4 is 10.4 Å². The van der Waals surface area contributed by atoms with E-state index < -0.39 is 5.63 Å². The first-order valence-corrected chi connectivity index (χ1v) is 4.03. The molecule has 0 aliphatic carbocycles. The summed E-state index contributed by atoms with van der Waals surface area (Å²) in [5.41, 5.74) is -0.334. The van der Waals surface area contributed by atoms with Gasteiger partial charge in [-0.15, -0.1) is 0 Å². The summed E-state index contributed by atoms with van der Waals surface area (Å²) in [6.07, 6.45) is 0. The molecule has 0 unspecified atom stereocenters. The van der Waals surface area contributed by atoms with Gasteiger partial charge in [0.05, 0.1) is 12.5 Å². The van der Waals surface area contributed by atoms with Crippen LogP contribution in [0.5, 0.6) is 11.5 Å². The number of methoxy groups -OCH3 is 1. The van der Waals surface area contributed by atoms with E-state index in [4.69, 9.17) is 9.15 Å². The zero-order valence-corrected chi connectivity index (χ0v) is 7.48. The summed E-state index contributed by atoms with van der Waals surface area (Å²) in [7, 11) is 1.31. The molecular formula is C10H8O4. The maximum atomic E-state index is 11.2. The lowest BCUT2D eigenvalue weighted by molar-refractivity contribution is 0.351. The van der Waals surface area contributed by atoms with E-state index in [1.54, 1.807) is 24.3 Å². The van der Waals surface area contributed by atoms with Crippen molar-refractivity contribution >= 4 is 11.0 Å². The third-order valence-electron chi connectivity index (χ3n) is 1.95. The van der Waals surface area contributed by atoms with E-state index in [1.165, 1.54) is 7.11 Å². The Balaban J connectivity index is 2.93. The number of para-hydroxylation sites is 1. The van der Waals surface area contributed by atoms with Gasteiger partial charge in [0.1, 0.15) is 5.58 Å². The Kier molecular flexibility index (Phi) is 1.89. The zero-order valence-electron chi connectivity index (χ0n) is 7.48. The lowest BCUT2D eigenvalue weighted by Crippen LogP contribution is -2.03. The van der Waals surface area contributed by atoms with Gasteiger partial charge in [-0.25, -0.2) is 4.79 Å². The van der Waals surface area contributed by atoms with Gasteiger partial charge in [-0.1, -0.05) is 12.1 Å². The molecule has 0 spiro atoms. The van der Waals surface area contributed by atoms with Crippen molar-refractivity contribution in [1.82, 2.24) is 0 Å². The van der Waals surface area contributed by atoms with Crippen LogP contribution in [-0.2, 0) is 0 Å². The van der Waals surface area contributed by atoms with Crippen molar-refractivity contribution in [3.05, 3.63) is 34.7 Å². The van der Waals surface area contributed by atoms with Crippen LogP contribution >= 0.6 is 0 Å². The summed E-state index contributed by atoms with van der Waals surface area (Å²) in [6, 6.07) is 6.71. The molecule has 0 fully saturated rings. The number of ether oxygens (including phenoxy) is 1. The highest BCUT2D eigenvalue weighted by Crippen LogP contribution is 2.30. The SMILES string of the molecule is COc1c(O)c2ccccc2oc1=O. The van der Waals surface area contributed by atoms with E-state index in [1.807, 2.05) is 0 Å². The van der Waals surface area contributed by atoms with Gasteiger partial charge >= 0.3 is 5.63 Å². The summed E-state index contributed by atoms with van der Waals surface area (Å²) in [6.45, 7) is 0. The first kappa shape index (κ1) is 8.62. The number of aromatic hydroxyl groups is 1. The van der Waals surface area contributed by atoms with Crippen LogP contribution in [0.4, 0.5) is 0 Å². The van der Waals surface area contributed by atoms with Crippen molar-refractivity contribution in [3.8, 4) is 11.5 Å². The van der Waals surface area contributed by atoms with Crippen molar-refractivity contribution in [2.75, 3.05) is 7.11 Å². The number of hydrogen-bond donors (Lipinski definition) is 1. The van der Waals surface area contributed by atoms with E-state index in [2.05, 4.69) is 0 Å². The van der Waals surface area contributed by atoms with Crippen LogP contribution in [0.25, 0.3) is 11.0 Å². The molecule has 0 aliphatic rings. The van der Waals surface area contributed by atoms with Crippen molar-refractivity contribution in [1.29, 1.82) is 0 Å². The standard InChI is InChI=1S/C10H8O4/c1-13-9-8(11)6-4-2-3-5-7(6)14-10(9)12/h2-5,11H,1H3. The minimum Gasteiger partial charge on any atom is -0.504 e. The van der Waals surface area contributed by atoms with E-state index in [0.29, 0.717) is 11.0 Å². The highest BCUT2D eigenvalue weighted by Gasteiger charge is 2.12. The summed E-state index contributed by atoms with van der Waals surface area (Å²) < 4.78 is 9.65. The van der Waals surface area contributed by atoms with Gasteiger partial charge in [0.25, 0.3) is 0 Å². The minimum absolute atomic E-state index is 0.163. The first-order valence-electron chi connectivity index (χ1n) is 4.03. The second-order valence-electron chi connectivity index (χ2n) is 2.77. The molecule has 1 N–H and O–H groups in total. The second kappa shape index (κ2) is 3.06. The van der Waals surface area contributed by atoms with Crippen LogP contribution in [-0.4, -0.2) is 12.2 Å². The van der Waals surface area contributed by atoms with Gasteiger partial charge in [0.15, 0.2) is 5.75 Å². The molecule has 1 heterocycles. The molecule has 0 aliphatic heterocycles. The van der Waals surface area contributed by atoms with Gasteiger partial charge in [0.2, 0.25) is 5.75 Å². The maximum absolute atomic E-state index is 11.2. The second-order valence-corrected chi connectivity index (χ2v) is 2.77. The van der Waals surface area contributed by atoms with Gasteiger partial charge in [-0.3, -0.25) is 0 Å². The maximum Gasteiger partial charge on any atom is 0.383 e. The minimum atomic E-state index is -0.677. The lowest BCUT2D eigenvalue weighted by Gasteiger charge is -2.03. The summed E-state index contributed by atoms with van der Waals surface area (Å²) >= 11 is 0. The number of hydrogen-bond acceptors (Lipinski definition) is 4. The normalized spacial score (nSPS) is 10.4. The molecule has 2 rings (SSSR count). The fourth-order valence-electron chi connectivity index (χ4n) is 1.30. The Bertz CT molecular complexity index is 527. The van der Waals surface area contributed by atoms with Crippen molar-refractivity contribution in [2.24, 2.45) is 0 Å². The Morgan fingerprint density at radius 2 is 2.07 bits per heavy atom. The van der Waals surface area contributed by atoms with Crippen molar-refractivity contribution in [2.45, 2.75) is 0 Å².